The fraction of sp³-hybridized carbons (Fsp3) is 0.105. The van der Waals surface area contributed by atoms with Gasteiger partial charge < -0.3 is 5.32 Å². The number of thiazole rings is 1. The van der Waals surface area contributed by atoms with E-state index in [0.717, 1.165) is 15.7 Å². The van der Waals surface area contributed by atoms with E-state index in [-0.39, 0.29) is 18.2 Å². The highest BCUT2D eigenvalue weighted by Gasteiger charge is 2.12. The quantitative estimate of drug-likeness (QED) is 0.590. The van der Waals surface area contributed by atoms with Crippen LogP contribution in [0, 0.1) is 12.7 Å². The molecule has 0 aliphatic heterocycles. The summed E-state index contributed by atoms with van der Waals surface area (Å²) in [6, 6.07) is 10.8. The summed E-state index contributed by atoms with van der Waals surface area (Å²) in [5, 5.41) is 7.59. The number of amides is 2. The summed E-state index contributed by atoms with van der Waals surface area (Å²) in [6.07, 6.45) is 0.0957. The highest BCUT2D eigenvalue weighted by atomic mass is 79.9. The minimum absolute atomic E-state index is 0.0957. The van der Waals surface area contributed by atoms with Gasteiger partial charge in [0.2, 0.25) is 5.91 Å². The third kappa shape index (κ3) is 5.21. The second-order valence-electron chi connectivity index (χ2n) is 5.79. The number of hydrogen-bond acceptors (Lipinski definition) is 4. The molecule has 0 bridgehead atoms. The van der Waals surface area contributed by atoms with E-state index in [2.05, 4.69) is 31.5 Å². The number of anilines is 2. The average Bonchev–Trinajstić information content (AvgIpc) is 3.04. The van der Waals surface area contributed by atoms with Crippen LogP contribution in [0.3, 0.4) is 0 Å². The van der Waals surface area contributed by atoms with E-state index in [1.165, 1.54) is 35.6 Å². The summed E-state index contributed by atoms with van der Waals surface area (Å²) in [4.78, 5) is 28.6. The zero-order valence-corrected chi connectivity index (χ0v) is 16.7. The van der Waals surface area contributed by atoms with Crippen molar-refractivity contribution in [3.63, 3.8) is 0 Å². The molecular formula is C19H15BrFN3O2S. The number of hydrogen-bond donors (Lipinski definition) is 2. The van der Waals surface area contributed by atoms with Gasteiger partial charge in [-0.1, -0.05) is 15.9 Å². The van der Waals surface area contributed by atoms with E-state index < -0.39 is 5.82 Å². The van der Waals surface area contributed by atoms with Crippen molar-refractivity contribution in [2.45, 2.75) is 13.3 Å². The first-order valence-corrected chi connectivity index (χ1v) is 9.65. The standard InChI is InChI=1S/C19H15BrFN3O2S/c1-11-8-13(20)4-7-16(11)23-17(25)9-15-10-27-19(22-15)24-18(26)12-2-5-14(21)6-3-12/h2-8,10H,9H2,1H3,(H,23,25)(H,22,24,26). The lowest BCUT2D eigenvalue weighted by Gasteiger charge is -2.08. The monoisotopic (exact) mass is 447 g/mol. The first-order chi connectivity index (χ1) is 12.9. The molecule has 0 fully saturated rings. The van der Waals surface area contributed by atoms with Crippen LogP contribution in [-0.4, -0.2) is 16.8 Å². The summed E-state index contributed by atoms with van der Waals surface area (Å²) < 4.78 is 13.9. The van der Waals surface area contributed by atoms with Gasteiger partial charge in [-0.2, -0.15) is 0 Å². The number of nitrogens with one attached hydrogen (secondary N) is 2. The zero-order chi connectivity index (χ0) is 19.4. The molecule has 0 spiro atoms. The molecule has 1 aromatic heterocycles. The van der Waals surface area contributed by atoms with Gasteiger partial charge in [0.15, 0.2) is 5.13 Å². The molecule has 0 aliphatic rings. The zero-order valence-electron chi connectivity index (χ0n) is 14.3. The van der Waals surface area contributed by atoms with Gasteiger partial charge in [0.1, 0.15) is 5.82 Å². The summed E-state index contributed by atoms with van der Waals surface area (Å²) in [6.45, 7) is 1.91. The van der Waals surface area contributed by atoms with Gasteiger partial charge in [-0.15, -0.1) is 11.3 Å². The van der Waals surface area contributed by atoms with Crippen molar-refractivity contribution < 1.29 is 14.0 Å². The Morgan fingerprint density at radius 3 is 2.59 bits per heavy atom. The Morgan fingerprint density at radius 2 is 1.89 bits per heavy atom. The van der Waals surface area contributed by atoms with Crippen molar-refractivity contribution in [1.29, 1.82) is 0 Å². The van der Waals surface area contributed by atoms with E-state index >= 15 is 0 Å². The molecule has 0 saturated heterocycles. The molecule has 1 heterocycles. The maximum absolute atomic E-state index is 12.9. The van der Waals surface area contributed by atoms with Gasteiger partial charge in [-0.25, -0.2) is 9.37 Å². The molecular weight excluding hydrogens is 433 g/mol. The van der Waals surface area contributed by atoms with Gasteiger partial charge in [-0.05, 0) is 55.0 Å². The van der Waals surface area contributed by atoms with Crippen LogP contribution in [0.2, 0.25) is 0 Å². The minimum atomic E-state index is -0.407. The molecule has 0 atom stereocenters. The third-order valence-corrected chi connectivity index (χ3v) is 4.98. The fourth-order valence-corrected chi connectivity index (χ4v) is 3.52. The lowest BCUT2D eigenvalue weighted by atomic mass is 10.2. The fourth-order valence-electron chi connectivity index (χ4n) is 2.34. The number of halogens is 2. The summed E-state index contributed by atoms with van der Waals surface area (Å²) in [7, 11) is 0. The first-order valence-electron chi connectivity index (χ1n) is 7.98. The van der Waals surface area contributed by atoms with E-state index in [0.29, 0.717) is 16.4 Å². The Balaban J connectivity index is 1.59. The van der Waals surface area contributed by atoms with Crippen LogP contribution in [0.1, 0.15) is 21.6 Å². The van der Waals surface area contributed by atoms with Gasteiger partial charge in [0, 0.05) is 21.1 Å². The van der Waals surface area contributed by atoms with Crippen LogP contribution in [0.5, 0.6) is 0 Å². The third-order valence-electron chi connectivity index (χ3n) is 3.68. The molecule has 3 rings (SSSR count). The number of nitrogens with zero attached hydrogens (tertiary/aromatic N) is 1. The molecule has 5 nitrogen and oxygen atoms in total. The topological polar surface area (TPSA) is 71.1 Å². The molecule has 2 N–H and O–H groups in total. The Bertz CT molecular complexity index is 989. The number of carbonyl (C=O) groups is 2. The van der Waals surface area contributed by atoms with Gasteiger partial charge in [0.25, 0.3) is 5.91 Å². The number of aryl methyl sites for hydroxylation is 1. The number of rotatable bonds is 5. The van der Waals surface area contributed by atoms with Crippen molar-refractivity contribution in [2.75, 3.05) is 10.6 Å². The molecule has 2 amide bonds. The molecule has 2 aromatic carbocycles. The second kappa shape index (κ2) is 8.41. The Hall–Kier alpha value is -2.58. The van der Waals surface area contributed by atoms with E-state index in [1.54, 1.807) is 5.38 Å². The van der Waals surface area contributed by atoms with E-state index in [9.17, 15) is 14.0 Å². The average molecular weight is 448 g/mol. The van der Waals surface area contributed by atoms with Crippen LogP contribution in [0.4, 0.5) is 15.2 Å². The van der Waals surface area contributed by atoms with Crippen molar-refractivity contribution in [3.05, 3.63) is 75.0 Å². The van der Waals surface area contributed by atoms with Crippen LogP contribution in [0.25, 0.3) is 0 Å². The SMILES string of the molecule is Cc1cc(Br)ccc1NC(=O)Cc1csc(NC(=O)c2ccc(F)cc2)n1. The molecule has 3 aromatic rings. The predicted molar refractivity (Wildman–Crippen MR) is 108 cm³/mol. The molecule has 0 radical (unpaired) electrons. The van der Waals surface area contributed by atoms with E-state index in [4.69, 9.17) is 0 Å². The number of aromatic nitrogens is 1. The van der Waals surface area contributed by atoms with Crippen LogP contribution >= 0.6 is 27.3 Å². The van der Waals surface area contributed by atoms with Gasteiger partial charge >= 0.3 is 0 Å². The van der Waals surface area contributed by atoms with Crippen molar-refractivity contribution in [2.24, 2.45) is 0 Å². The molecule has 8 heteroatoms. The smallest absolute Gasteiger partial charge is 0.257 e. The molecule has 0 saturated carbocycles. The highest BCUT2D eigenvalue weighted by Crippen LogP contribution is 2.21. The lowest BCUT2D eigenvalue weighted by Crippen LogP contribution is -2.15. The minimum Gasteiger partial charge on any atom is -0.326 e. The highest BCUT2D eigenvalue weighted by molar-refractivity contribution is 9.10. The second-order valence-corrected chi connectivity index (χ2v) is 7.56. The Morgan fingerprint density at radius 1 is 1.15 bits per heavy atom. The normalized spacial score (nSPS) is 10.5. The Labute approximate surface area is 167 Å². The number of carbonyl (C=O) groups excluding carboxylic acids is 2. The summed E-state index contributed by atoms with van der Waals surface area (Å²) in [5.74, 6) is -0.983. The van der Waals surface area contributed by atoms with Crippen molar-refractivity contribution >= 4 is 49.9 Å². The van der Waals surface area contributed by atoms with Crippen molar-refractivity contribution in [1.82, 2.24) is 4.98 Å². The van der Waals surface area contributed by atoms with E-state index in [1.807, 2.05) is 25.1 Å². The van der Waals surface area contributed by atoms with Crippen molar-refractivity contribution in [3.8, 4) is 0 Å². The predicted octanol–water partition coefficient (Wildman–Crippen LogP) is 4.79. The van der Waals surface area contributed by atoms with Gasteiger partial charge in [-0.3, -0.25) is 14.9 Å². The van der Waals surface area contributed by atoms with Crippen LogP contribution < -0.4 is 10.6 Å². The number of benzene rings is 2. The Kier molecular flexibility index (Phi) is 5.98. The van der Waals surface area contributed by atoms with Gasteiger partial charge in [0.05, 0.1) is 12.1 Å². The first kappa shape index (κ1) is 19.2. The van der Waals surface area contributed by atoms with Crippen LogP contribution in [0.15, 0.2) is 52.3 Å². The van der Waals surface area contributed by atoms with Crippen LogP contribution in [-0.2, 0) is 11.2 Å². The lowest BCUT2D eigenvalue weighted by molar-refractivity contribution is -0.115. The summed E-state index contributed by atoms with van der Waals surface area (Å²) in [5.41, 5.74) is 2.57. The summed E-state index contributed by atoms with van der Waals surface area (Å²) >= 11 is 4.61. The maximum atomic E-state index is 12.9. The molecule has 0 aliphatic carbocycles. The molecule has 27 heavy (non-hydrogen) atoms. The molecule has 0 unspecified atom stereocenters. The largest absolute Gasteiger partial charge is 0.326 e. The maximum Gasteiger partial charge on any atom is 0.257 e. The molecule has 138 valence electrons.